The van der Waals surface area contributed by atoms with Gasteiger partial charge in [-0.2, -0.15) is 10.5 Å². The minimum Gasteiger partial charge on any atom is -0.453 e. The van der Waals surface area contributed by atoms with E-state index in [2.05, 4.69) is 126 Å². The van der Waals surface area contributed by atoms with E-state index < -0.39 is 0 Å². The van der Waals surface area contributed by atoms with Crippen LogP contribution in [0.4, 0.5) is 34.1 Å². The zero-order valence-corrected chi connectivity index (χ0v) is 35.1. The van der Waals surface area contributed by atoms with E-state index in [1.54, 1.807) is 6.08 Å². The van der Waals surface area contributed by atoms with Crippen molar-refractivity contribution in [2.45, 2.75) is 6.92 Å². The van der Waals surface area contributed by atoms with E-state index in [-0.39, 0.29) is 11.4 Å². The van der Waals surface area contributed by atoms with Crippen LogP contribution in [0.15, 0.2) is 195 Å². The van der Waals surface area contributed by atoms with Gasteiger partial charge in [-0.05, 0) is 107 Å². The summed E-state index contributed by atoms with van der Waals surface area (Å²) in [6, 6.07) is 62.2. The van der Waals surface area contributed by atoms with E-state index in [9.17, 15) is 10.5 Å². The molecule has 0 saturated heterocycles. The highest BCUT2D eigenvalue weighted by Crippen LogP contribution is 2.54. The van der Waals surface area contributed by atoms with Crippen molar-refractivity contribution < 1.29 is 9.47 Å². The number of rotatable bonds is 5. The highest BCUT2D eigenvalue weighted by molar-refractivity contribution is 6.21. The SMILES string of the molecule is C=C/C=C\C.N#Cc1nc2c(nc1C#N)-c1ccc(-c3ccc(N4c5ccccc5Oc5ccccc54)cc3)c3c(-c4ccc(N5c6ccccc6Oc6ccccc65)cc4)ccc-2c13. The van der Waals surface area contributed by atoms with Crippen LogP contribution in [0.3, 0.4) is 0 Å². The largest absolute Gasteiger partial charge is 0.453 e. The number of nitriles is 2. The molecule has 0 unspecified atom stereocenters. The second-order valence-corrected chi connectivity index (χ2v) is 15.5. The number of ether oxygens (including phenoxy) is 2. The number of aromatic nitrogens is 2. The summed E-state index contributed by atoms with van der Waals surface area (Å²) in [6.07, 6.45) is 5.58. The molecular formula is C57H36N6O2. The average molecular weight is 837 g/mol. The summed E-state index contributed by atoms with van der Waals surface area (Å²) in [5, 5.41) is 21.8. The maximum Gasteiger partial charge on any atom is 0.177 e. The minimum absolute atomic E-state index is 0.0187. The average Bonchev–Trinajstić information content (AvgIpc) is 3.68. The Hall–Kier alpha value is -9.24. The van der Waals surface area contributed by atoms with Crippen LogP contribution in [-0.4, -0.2) is 9.97 Å². The third-order valence-electron chi connectivity index (χ3n) is 11.8. The third-order valence-corrected chi connectivity index (χ3v) is 11.8. The fourth-order valence-electron chi connectivity index (χ4n) is 9.02. The molecule has 12 rings (SSSR count). The quantitative estimate of drug-likeness (QED) is 0.158. The lowest BCUT2D eigenvalue weighted by Gasteiger charge is -2.32. The van der Waals surface area contributed by atoms with Gasteiger partial charge < -0.3 is 19.3 Å². The molecule has 9 aromatic rings. The smallest absolute Gasteiger partial charge is 0.177 e. The van der Waals surface area contributed by atoms with Gasteiger partial charge in [0, 0.05) is 27.9 Å². The van der Waals surface area contributed by atoms with Gasteiger partial charge in [-0.25, -0.2) is 9.97 Å². The molecule has 0 radical (unpaired) electrons. The first-order valence-corrected chi connectivity index (χ1v) is 21.2. The van der Waals surface area contributed by atoms with Crippen molar-refractivity contribution in [1.82, 2.24) is 9.97 Å². The lowest BCUT2D eigenvalue weighted by molar-refractivity contribution is 0.477. The number of anilines is 6. The number of fused-ring (bicyclic) bond motifs is 7. The number of hydrogen-bond acceptors (Lipinski definition) is 8. The van der Waals surface area contributed by atoms with Gasteiger partial charge in [-0.3, -0.25) is 0 Å². The lowest BCUT2D eigenvalue weighted by atomic mass is 9.88. The number of benzene rings is 8. The van der Waals surface area contributed by atoms with Gasteiger partial charge in [0.25, 0.3) is 0 Å². The van der Waals surface area contributed by atoms with Crippen molar-refractivity contribution >= 4 is 44.9 Å². The molecule has 8 aromatic carbocycles. The molecule has 0 spiro atoms. The predicted octanol–water partition coefficient (Wildman–Crippen LogP) is 15.3. The molecule has 1 aromatic heterocycles. The molecule has 0 fully saturated rings. The Balaban J connectivity index is 0.000000892. The van der Waals surface area contributed by atoms with Gasteiger partial charge in [-0.1, -0.05) is 122 Å². The molecule has 0 saturated carbocycles. The summed E-state index contributed by atoms with van der Waals surface area (Å²) in [7, 11) is 0. The van der Waals surface area contributed by atoms with Gasteiger partial charge >= 0.3 is 0 Å². The van der Waals surface area contributed by atoms with E-state index in [4.69, 9.17) is 19.4 Å². The first-order chi connectivity index (χ1) is 32.1. The Morgan fingerprint density at radius 2 is 0.800 bits per heavy atom. The van der Waals surface area contributed by atoms with E-state index in [1.165, 1.54) is 0 Å². The van der Waals surface area contributed by atoms with Gasteiger partial charge in [-0.15, -0.1) is 0 Å². The van der Waals surface area contributed by atoms with E-state index >= 15 is 0 Å². The number of nitrogens with zero attached hydrogens (tertiary/aromatic N) is 6. The molecule has 8 heteroatoms. The summed E-state index contributed by atoms with van der Waals surface area (Å²) in [4.78, 5) is 13.9. The van der Waals surface area contributed by atoms with Crippen LogP contribution in [0.25, 0.3) is 55.5 Å². The van der Waals surface area contributed by atoms with Crippen molar-refractivity contribution in [1.29, 1.82) is 10.5 Å². The molecule has 1 aliphatic carbocycles. The van der Waals surface area contributed by atoms with Crippen molar-refractivity contribution in [2.24, 2.45) is 0 Å². The second-order valence-electron chi connectivity index (χ2n) is 15.5. The molecule has 3 heterocycles. The predicted molar refractivity (Wildman–Crippen MR) is 259 cm³/mol. The Labute approximate surface area is 376 Å². The van der Waals surface area contributed by atoms with Gasteiger partial charge in [0.2, 0.25) is 0 Å². The first kappa shape index (κ1) is 38.7. The molecule has 0 bridgehead atoms. The topological polar surface area (TPSA) is 98.3 Å². The van der Waals surface area contributed by atoms with Crippen LogP contribution < -0.4 is 19.3 Å². The van der Waals surface area contributed by atoms with E-state index in [0.717, 1.165) is 101 Å². The highest BCUT2D eigenvalue weighted by atomic mass is 16.5. The molecule has 2 aliphatic heterocycles. The number of para-hydroxylation sites is 8. The summed E-state index contributed by atoms with van der Waals surface area (Å²) in [5.41, 5.74) is 13.0. The molecule has 8 nitrogen and oxygen atoms in total. The highest BCUT2D eigenvalue weighted by Gasteiger charge is 2.31. The van der Waals surface area contributed by atoms with Gasteiger partial charge in [0.05, 0.1) is 34.1 Å². The van der Waals surface area contributed by atoms with E-state index in [1.807, 2.05) is 91.9 Å². The van der Waals surface area contributed by atoms with Gasteiger partial charge in [0.15, 0.2) is 34.4 Å². The molecule has 65 heavy (non-hydrogen) atoms. The minimum atomic E-state index is 0.0187. The first-order valence-electron chi connectivity index (χ1n) is 21.2. The Kier molecular flexibility index (Phi) is 9.46. The summed E-state index contributed by atoms with van der Waals surface area (Å²) in [6.45, 7) is 5.42. The van der Waals surface area contributed by atoms with Crippen molar-refractivity contribution in [3.05, 3.63) is 206 Å². The van der Waals surface area contributed by atoms with Crippen molar-refractivity contribution in [2.75, 3.05) is 9.80 Å². The fraction of sp³-hybridized carbons (Fsp3) is 0.0175. The lowest BCUT2D eigenvalue weighted by Crippen LogP contribution is -2.15. The molecule has 306 valence electrons. The molecular weight excluding hydrogens is 801 g/mol. The molecule has 0 atom stereocenters. The van der Waals surface area contributed by atoms with Crippen LogP contribution in [-0.2, 0) is 0 Å². The zero-order valence-electron chi connectivity index (χ0n) is 35.1. The monoisotopic (exact) mass is 836 g/mol. The van der Waals surface area contributed by atoms with Crippen molar-refractivity contribution in [3.8, 4) is 79.9 Å². The van der Waals surface area contributed by atoms with E-state index in [0.29, 0.717) is 11.4 Å². The number of allylic oxidation sites excluding steroid dienone is 3. The summed E-state index contributed by atoms with van der Waals surface area (Å²) < 4.78 is 12.6. The Morgan fingerprint density at radius 1 is 0.462 bits per heavy atom. The molecule has 0 amide bonds. The number of hydrogen-bond donors (Lipinski definition) is 0. The van der Waals surface area contributed by atoms with Crippen LogP contribution in [0, 0.1) is 22.7 Å². The van der Waals surface area contributed by atoms with Crippen LogP contribution >= 0.6 is 0 Å². The summed E-state index contributed by atoms with van der Waals surface area (Å²) >= 11 is 0. The summed E-state index contributed by atoms with van der Waals surface area (Å²) in [5.74, 6) is 3.19. The third kappa shape index (κ3) is 6.36. The molecule has 3 aliphatic rings. The van der Waals surface area contributed by atoms with Gasteiger partial charge in [0.1, 0.15) is 12.1 Å². The molecule has 0 N–H and O–H groups in total. The normalized spacial score (nSPS) is 12.2. The zero-order chi connectivity index (χ0) is 44.0. The van der Waals surface area contributed by atoms with Crippen LogP contribution in [0.2, 0.25) is 0 Å². The Morgan fingerprint density at radius 3 is 1.12 bits per heavy atom. The maximum absolute atomic E-state index is 9.90. The van der Waals surface area contributed by atoms with Crippen LogP contribution in [0.5, 0.6) is 23.0 Å². The van der Waals surface area contributed by atoms with Crippen LogP contribution in [0.1, 0.15) is 18.3 Å². The van der Waals surface area contributed by atoms with Crippen molar-refractivity contribution in [3.63, 3.8) is 0 Å². The Bertz CT molecular complexity index is 3200. The second kappa shape index (κ2) is 15.9. The maximum atomic E-state index is 9.90. The fourth-order valence-corrected chi connectivity index (χ4v) is 9.02. The standard InChI is InChI=1S/C52H28N6O2.C5H8/c53-29-39-40(30-54)56-52-38-28-26-36(32-19-23-34(24-20-32)58-43-11-3-7-15-47(43)60-48-16-8-4-12-44(48)58)49-35(25-27-37(50(38)49)51(52)55-39)31-17-21-33(22-18-31)57-41-9-1-5-13-45(41)59-46-14-6-2-10-42(46)57;1-3-5-4-2/h1-28H;3-5H,1H2,2H3/b;5-4-.